The van der Waals surface area contributed by atoms with Crippen molar-refractivity contribution in [1.82, 2.24) is 4.90 Å². The van der Waals surface area contributed by atoms with Gasteiger partial charge in [0.2, 0.25) is 0 Å². The zero-order chi connectivity index (χ0) is 22.1. The SMILES string of the molecule is CCCCCc1ccc(C(=O)Nc2ccc(N(C)C)c(C(=O)N(CC)CC)c2)cc1. The van der Waals surface area contributed by atoms with Crippen molar-refractivity contribution in [1.29, 1.82) is 0 Å². The molecule has 0 heterocycles. The fraction of sp³-hybridized carbons (Fsp3) is 0.440. The van der Waals surface area contributed by atoms with E-state index in [0.29, 0.717) is 29.9 Å². The van der Waals surface area contributed by atoms with Gasteiger partial charge in [-0.25, -0.2) is 0 Å². The number of unbranched alkanes of at least 4 members (excludes halogenated alkanes) is 2. The van der Waals surface area contributed by atoms with E-state index in [1.807, 2.05) is 69.2 Å². The van der Waals surface area contributed by atoms with Crippen LogP contribution in [-0.4, -0.2) is 43.9 Å². The molecule has 162 valence electrons. The lowest BCUT2D eigenvalue weighted by atomic mass is 10.0. The van der Waals surface area contributed by atoms with Crippen molar-refractivity contribution in [2.45, 2.75) is 46.5 Å². The van der Waals surface area contributed by atoms with E-state index in [9.17, 15) is 9.59 Å². The van der Waals surface area contributed by atoms with Crippen molar-refractivity contribution in [2.24, 2.45) is 0 Å². The van der Waals surface area contributed by atoms with Crippen LogP contribution in [0, 0.1) is 0 Å². The molecule has 0 aromatic heterocycles. The molecular formula is C25H35N3O2. The minimum atomic E-state index is -0.172. The van der Waals surface area contributed by atoms with Gasteiger partial charge in [0.1, 0.15) is 0 Å². The Balaban J connectivity index is 2.18. The van der Waals surface area contributed by atoms with Crippen LogP contribution in [-0.2, 0) is 6.42 Å². The van der Waals surface area contributed by atoms with Crippen molar-refractivity contribution >= 4 is 23.2 Å². The number of hydrogen-bond acceptors (Lipinski definition) is 3. The molecule has 5 nitrogen and oxygen atoms in total. The number of nitrogens with zero attached hydrogens (tertiary/aromatic N) is 2. The second-order valence-electron chi connectivity index (χ2n) is 7.71. The summed E-state index contributed by atoms with van der Waals surface area (Å²) in [7, 11) is 3.82. The smallest absolute Gasteiger partial charge is 0.256 e. The van der Waals surface area contributed by atoms with Crippen molar-refractivity contribution in [3.8, 4) is 0 Å². The Bertz CT molecular complexity index is 840. The lowest BCUT2D eigenvalue weighted by molar-refractivity contribution is 0.0773. The van der Waals surface area contributed by atoms with E-state index in [1.54, 1.807) is 11.0 Å². The van der Waals surface area contributed by atoms with Gasteiger partial charge >= 0.3 is 0 Å². The number of benzene rings is 2. The Hall–Kier alpha value is -2.82. The van der Waals surface area contributed by atoms with Gasteiger partial charge in [0.05, 0.1) is 5.56 Å². The summed E-state index contributed by atoms with van der Waals surface area (Å²) in [4.78, 5) is 29.4. The van der Waals surface area contributed by atoms with Crippen molar-refractivity contribution in [2.75, 3.05) is 37.4 Å². The first-order chi connectivity index (χ1) is 14.4. The average molecular weight is 410 g/mol. The monoisotopic (exact) mass is 409 g/mol. The number of carbonyl (C=O) groups excluding carboxylic acids is 2. The van der Waals surface area contributed by atoms with Crippen LogP contribution in [0.4, 0.5) is 11.4 Å². The lowest BCUT2D eigenvalue weighted by Gasteiger charge is -2.23. The average Bonchev–Trinajstić information content (AvgIpc) is 2.75. The number of carbonyl (C=O) groups is 2. The molecule has 0 aliphatic carbocycles. The fourth-order valence-electron chi connectivity index (χ4n) is 3.46. The Kier molecular flexibility index (Phi) is 8.90. The van der Waals surface area contributed by atoms with Gasteiger partial charge in [-0.3, -0.25) is 9.59 Å². The van der Waals surface area contributed by atoms with Crippen molar-refractivity contribution < 1.29 is 9.59 Å². The molecule has 0 bridgehead atoms. The number of hydrogen-bond donors (Lipinski definition) is 1. The molecule has 30 heavy (non-hydrogen) atoms. The third-order valence-electron chi connectivity index (χ3n) is 5.30. The van der Waals surface area contributed by atoms with E-state index >= 15 is 0 Å². The Morgan fingerprint density at radius 1 is 0.900 bits per heavy atom. The molecule has 0 spiro atoms. The highest BCUT2D eigenvalue weighted by Crippen LogP contribution is 2.25. The molecular weight excluding hydrogens is 374 g/mol. The molecule has 2 amide bonds. The van der Waals surface area contributed by atoms with E-state index in [-0.39, 0.29) is 11.8 Å². The van der Waals surface area contributed by atoms with E-state index in [4.69, 9.17) is 0 Å². The summed E-state index contributed by atoms with van der Waals surface area (Å²) in [5.74, 6) is -0.204. The van der Waals surface area contributed by atoms with Gasteiger partial charge in [0, 0.05) is 44.1 Å². The zero-order valence-corrected chi connectivity index (χ0v) is 19.0. The van der Waals surface area contributed by atoms with Crippen LogP contribution < -0.4 is 10.2 Å². The van der Waals surface area contributed by atoms with Crippen LogP contribution in [0.1, 0.15) is 66.3 Å². The third-order valence-corrected chi connectivity index (χ3v) is 5.30. The molecule has 0 aliphatic heterocycles. The summed E-state index contributed by atoms with van der Waals surface area (Å²) in [6.45, 7) is 7.41. The van der Waals surface area contributed by atoms with Gasteiger partial charge in [0.15, 0.2) is 0 Å². The molecule has 5 heteroatoms. The minimum Gasteiger partial charge on any atom is -0.377 e. The molecule has 2 aromatic carbocycles. The second-order valence-corrected chi connectivity index (χ2v) is 7.71. The Morgan fingerprint density at radius 3 is 2.13 bits per heavy atom. The predicted octanol–water partition coefficient (Wildman–Crippen LogP) is 5.22. The van der Waals surface area contributed by atoms with Gasteiger partial charge in [-0.1, -0.05) is 31.9 Å². The number of rotatable bonds is 10. The Labute approximate surface area is 181 Å². The van der Waals surface area contributed by atoms with Gasteiger partial charge < -0.3 is 15.1 Å². The lowest BCUT2D eigenvalue weighted by Crippen LogP contribution is -2.31. The molecule has 0 aliphatic rings. The molecule has 2 rings (SSSR count). The molecule has 0 saturated heterocycles. The number of aryl methyl sites for hydroxylation is 1. The maximum absolute atomic E-state index is 13.0. The molecule has 0 unspecified atom stereocenters. The highest BCUT2D eigenvalue weighted by molar-refractivity contribution is 6.06. The summed E-state index contributed by atoms with van der Waals surface area (Å²) < 4.78 is 0. The van der Waals surface area contributed by atoms with Crippen molar-refractivity contribution in [3.05, 3.63) is 59.2 Å². The standard InChI is InChI=1S/C25H35N3O2/c1-6-9-10-11-19-12-14-20(15-13-19)24(29)26-21-16-17-23(27(4)5)22(18-21)25(30)28(7-2)8-3/h12-18H,6-11H2,1-5H3,(H,26,29). The summed E-state index contributed by atoms with van der Waals surface area (Å²) in [5.41, 5.74) is 3.91. The van der Waals surface area contributed by atoms with E-state index in [2.05, 4.69) is 12.2 Å². The molecule has 0 atom stereocenters. The van der Waals surface area contributed by atoms with E-state index in [0.717, 1.165) is 12.1 Å². The van der Waals surface area contributed by atoms with Crippen molar-refractivity contribution in [3.63, 3.8) is 0 Å². The molecule has 0 radical (unpaired) electrons. The van der Waals surface area contributed by atoms with Crippen LogP contribution in [0.5, 0.6) is 0 Å². The first-order valence-corrected chi connectivity index (χ1v) is 10.9. The fourth-order valence-corrected chi connectivity index (χ4v) is 3.46. The first kappa shape index (κ1) is 23.5. The van der Waals surface area contributed by atoms with Crippen LogP contribution in [0.25, 0.3) is 0 Å². The molecule has 1 N–H and O–H groups in total. The highest BCUT2D eigenvalue weighted by Gasteiger charge is 2.19. The maximum Gasteiger partial charge on any atom is 0.256 e. The quantitative estimate of drug-likeness (QED) is 0.547. The van der Waals surface area contributed by atoms with Crippen LogP contribution in [0.15, 0.2) is 42.5 Å². The van der Waals surface area contributed by atoms with Crippen LogP contribution in [0.3, 0.4) is 0 Å². The Morgan fingerprint density at radius 2 is 1.57 bits per heavy atom. The zero-order valence-electron chi connectivity index (χ0n) is 19.0. The largest absolute Gasteiger partial charge is 0.377 e. The van der Waals surface area contributed by atoms with Gasteiger partial charge in [0.25, 0.3) is 11.8 Å². The summed E-state index contributed by atoms with van der Waals surface area (Å²) in [6, 6.07) is 13.3. The molecule has 2 aromatic rings. The third kappa shape index (κ3) is 6.09. The van der Waals surface area contributed by atoms with Crippen LogP contribution >= 0.6 is 0 Å². The number of amides is 2. The maximum atomic E-state index is 13.0. The van der Waals surface area contributed by atoms with E-state index in [1.165, 1.54) is 24.8 Å². The van der Waals surface area contributed by atoms with Gasteiger partial charge in [-0.2, -0.15) is 0 Å². The van der Waals surface area contributed by atoms with Crippen LogP contribution in [0.2, 0.25) is 0 Å². The second kappa shape index (κ2) is 11.4. The summed E-state index contributed by atoms with van der Waals surface area (Å²) in [5, 5.41) is 2.94. The minimum absolute atomic E-state index is 0.0313. The molecule has 0 saturated carbocycles. The predicted molar refractivity (Wildman–Crippen MR) is 126 cm³/mol. The normalized spacial score (nSPS) is 10.6. The summed E-state index contributed by atoms with van der Waals surface area (Å²) in [6.07, 6.45) is 4.63. The number of anilines is 2. The first-order valence-electron chi connectivity index (χ1n) is 10.9. The number of nitrogens with one attached hydrogen (secondary N) is 1. The highest BCUT2D eigenvalue weighted by atomic mass is 16.2. The summed E-state index contributed by atoms with van der Waals surface area (Å²) >= 11 is 0. The van der Waals surface area contributed by atoms with Gasteiger partial charge in [-0.15, -0.1) is 0 Å². The molecule has 0 fully saturated rings. The van der Waals surface area contributed by atoms with Gasteiger partial charge in [-0.05, 0) is 62.6 Å². The topological polar surface area (TPSA) is 52.7 Å². The van der Waals surface area contributed by atoms with E-state index < -0.39 is 0 Å².